The van der Waals surface area contributed by atoms with Crippen LogP contribution in [0.1, 0.15) is 45.7 Å². The fourth-order valence-electron chi connectivity index (χ4n) is 2.09. The zero-order valence-electron chi connectivity index (χ0n) is 14.6. The van der Waals surface area contributed by atoms with Crippen molar-refractivity contribution in [3.05, 3.63) is 35.4 Å². The second kappa shape index (κ2) is 7.43. The van der Waals surface area contributed by atoms with Crippen molar-refractivity contribution in [1.82, 2.24) is 10.2 Å². The van der Waals surface area contributed by atoms with Crippen molar-refractivity contribution < 1.29 is 9.59 Å². The van der Waals surface area contributed by atoms with Gasteiger partial charge < -0.3 is 10.2 Å². The van der Waals surface area contributed by atoms with E-state index in [4.69, 9.17) is 0 Å². The number of amides is 2. The number of rotatable bonds is 5. The molecule has 0 aromatic heterocycles. The van der Waals surface area contributed by atoms with Crippen molar-refractivity contribution in [3.63, 3.8) is 0 Å². The van der Waals surface area contributed by atoms with Gasteiger partial charge in [0.1, 0.15) is 6.04 Å². The maximum Gasteiger partial charge on any atom is 0.245 e. The molecule has 0 saturated heterocycles. The summed E-state index contributed by atoms with van der Waals surface area (Å²) in [4.78, 5) is 26.4. The third-order valence-corrected chi connectivity index (χ3v) is 3.72. The van der Waals surface area contributed by atoms with E-state index in [1.165, 1.54) is 5.56 Å². The average molecular weight is 304 g/mol. The molecule has 0 aliphatic rings. The van der Waals surface area contributed by atoms with Gasteiger partial charge in [-0.05, 0) is 31.9 Å². The zero-order chi connectivity index (χ0) is 16.9. The van der Waals surface area contributed by atoms with Crippen LogP contribution in [0, 0.1) is 12.3 Å². The molecule has 0 aliphatic carbocycles. The van der Waals surface area contributed by atoms with Crippen LogP contribution in [0.3, 0.4) is 0 Å². The number of nitrogens with one attached hydrogen (secondary N) is 1. The standard InChI is InChI=1S/C18H28N2O2/c1-7-20(12-15-11-9-8-10-13(15)2)16(21)14(3)19-17(22)18(4,5)6/h8-11,14H,7,12H2,1-6H3,(H,19,22). The van der Waals surface area contributed by atoms with E-state index in [2.05, 4.69) is 5.32 Å². The van der Waals surface area contributed by atoms with E-state index in [9.17, 15) is 9.59 Å². The SMILES string of the molecule is CCN(Cc1ccccc1C)C(=O)C(C)NC(=O)C(C)(C)C. The minimum atomic E-state index is -0.518. The van der Waals surface area contributed by atoms with Crippen molar-refractivity contribution in [2.24, 2.45) is 5.41 Å². The molecule has 0 fully saturated rings. The lowest BCUT2D eigenvalue weighted by atomic mass is 9.95. The van der Waals surface area contributed by atoms with Gasteiger partial charge in [0.2, 0.25) is 11.8 Å². The van der Waals surface area contributed by atoms with Crippen molar-refractivity contribution in [1.29, 1.82) is 0 Å². The highest BCUT2D eigenvalue weighted by Crippen LogP contribution is 2.14. The number of carbonyl (C=O) groups is 2. The van der Waals surface area contributed by atoms with Crippen LogP contribution in [-0.4, -0.2) is 29.3 Å². The first-order chi connectivity index (χ1) is 10.2. The minimum absolute atomic E-state index is 0.0525. The van der Waals surface area contributed by atoms with Crippen LogP contribution >= 0.6 is 0 Å². The van der Waals surface area contributed by atoms with E-state index >= 15 is 0 Å². The molecule has 1 unspecified atom stereocenters. The highest BCUT2D eigenvalue weighted by molar-refractivity contribution is 5.89. The van der Waals surface area contributed by atoms with Crippen LogP contribution in [0.4, 0.5) is 0 Å². The molecule has 0 radical (unpaired) electrons. The first-order valence-corrected chi connectivity index (χ1v) is 7.81. The quantitative estimate of drug-likeness (QED) is 0.909. The van der Waals surface area contributed by atoms with Gasteiger partial charge >= 0.3 is 0 Å². The lowest BCUT2D eigenvalue weighted by molar-refractivity contribution is -0.138. The Hall–Kier alpha value is -1.84. The summed E-state index contributed by atoms with van der Waals surface area (Å²) in [6.07, 6.45) is 0. The number of nitrogens with zero attached hydrogens (tertiary/aromatic N) is 1. The topological polar surface area (TPSA) is 49.4 Å². The van der Waals surface area contributed by atoms with Crippen LogP contribution in [0.2, 0.25) is 0 Å². The van der Waals surface area contributed by atoms with E-state index in [0.29, 0.717) is 13.1 Å². The van der Waals surface area contributed by atoms with Crippen molar-refractivity contribution in [2.45, 2.75) is 54.1 Å². The molecule has 2 amide bonds. The molecule has 1 rings (SSSR count). The molecule has 4 nitrogen and oxygen atoms in total. The van der Waals surface area contributed by atoms with Gasteiger partial charge in [-0.15, -0.1) is 0 Å². The molecule has 0 spiro atoms. The second-order valence-corrected chi connectivity index (χ2v) is 6.72. The van der Waals surface area contributed by atoms with Gasteiger partial charge in [0.05, 0.1) is 0 Å². The fraction of sp³-hybridized carbons (Fsp3) is 0.556. The number of carbonyl (C=O) groups excluding carboxylic acids is 2. The second-order valence-electron chi connectivity index (χ2n) is 6.72. The smallest absolute Gasteiger partial charge is 0.245 e. The predicted octanol–water partition coefficient (Wildman–Crippen LogP) is 2.89. The Morgan fingerprint density at radius 3 is 2.32 bits per heavy atom. The summed E-state index contributed by atoms with van der Waals surface area (Å²) in [7, 11) is 0. The molecular formula is C18H28N2O2. The van der Waals surface area contributed by atoms with Crippen LogP contribution in [0.25, 0.3) is 0 Å². The van der Waals surface area contributed by atoms with Crippen molar-refractivity contribution >= 4 is 11.8 Å². The molecule has 0 aliphatic heterocycles. The van der Waals surface area contributed by atoms with Crippen molar-refractivity contribution in [2.75, 3.05) is 6.54 Å². The number of likely N-dealkylation sites (N-methyl/N-ethyl adjacent to an activating group) is 1. The summed E-state index contributed by atoms with van der Waals surface area (Å²) in [5.74, 6) is -0.163. The van der Waals surface area contributed by atoms with E-state index in [0.717, 1.165) is 5.56 Å². The average Bonchev–Trinajstić information content (AvgIpc) is 2.44. The fourth-order valence-corrected chi connectivity index (χ4v) is 2.09. The summed E-state index contributed by atoms with van der Waals surface area (Å²) >= 11 is 0. The molecule has 22 heavy (non-hydrogen) atoms. The molecule has 0 heterocycles. The molecule has 1 aromatic rings. The van der Waals surface area contributed by atoms with Crippen LogP contribution in [0.15, 0.2) is 24.3 Å². The number of aryl methyl sites for hydroxylation is 1. The van der Waals surface area contributed by atoms with Gasteiger partial charge in [0.25, 0.3) is 0 Å². The van der Waals surface area contributed by atoms with E-state index < -0.39 is 11.5 Å². The first kappa shape index (κ1) is 18.2. The highest BCUT2D eigenvalue weighted by Gasteiger charge is 2.27. The molecule has 4 heteroatoms. The largest absolute Gasteiger partial charge is 0.344 e. The van der Waals surface area contributed by atoms with Gasteiger partial charge in [-0.25, -0.2) is 0 Å². The molecule has 1 atom stereocenters. The molecule has 0 bridgehead atoms. The normalized spacial score (nSPS) is 12.6. The van der Waals surface area contributed by atoms with Crippen LogP contribution in [0.5, 0.6) is 0 Å². The Morgan fingerprint density at radius 1 is 1.23 bits per heavy atom. The molecule has 0 saturated carbocycles. The predicted molar refractivity (Wildman–Crippen MR) is 89.3 cm³/mol. The van der Waals surface area contributed by atoms with E-state index in [1.807, 2.05) is 58.9 Å². The lowest BCUT2D eigenvalue weighted by Crippen LogP contribution is -2.49. The summed E-state index contributed by atoms with van der Waals surface area (Å²) in [5.41, 5.74) is 1.80. The Morgan fingerprint density at radius 2 is 1.82 bits per heavy atom. The third-order valence-electron chi connectivity index (χ3n) is 3.72. The summed E-state index contributed by atoms with van der Waals surface area (Å²) in [5, 5.41) is 2.80. The monoisotopic (exact) mass is 304 g/mol. The van der Waals surface area contributed by atoms with E-state index in [-0.39, 0.29) is 11.8 Å². The molecular weight excluding hydrogens is 276 g/mol. The van der Waals surface area contributed by atoms with Crippen molar-refractivity contribution in [3.8, 4) is 0 Å². The maximum atomic E-state index is 12.6. The first-order valence-electron chi connectivity index (χ1n) is 7.81. The van der Waals surface area contributed by atoms with Crippen LogP contribution < -0.4 is 5.32 Å². The van der Waals surface area contributed by atoms with Gasteiger partial charge in [-0.1, -0.05) is 45.0 Å². The number of hydrogen-bond acceptors (Lipinski definition) is 2. The molecule has 1 aromatic carbocycles. The van der Waals surface area contributed by atoms with Gasteiger partial charge in [0.15, 0.2) is 0 Å². The number of benzene rings is 1. The molecule has 122 valence electrons. The lowest BCUT2D eigenvalue weighted by Gasteiger charge is -2.27. The van der Waals surface area contributed by atoms with Crippen LogP contribution in [-0.2, 0) is 16.1 Å². The Labute approximate surface area is 133 Å². The number of hydrogen-bond donors (Lipinski definition) is 1. The Balaban J connectivity index is 2.76. The summed E-state index contributed by atoms with van der Waals surface area (Å²) in [6, 6.07) is 7.52. The highest BCUT2D eigenvalue weighted by atomic mass is 16.2. The third kappa shape index (κ3) is 4.86. The van der Waals surface area contributed by atoms with Gasteiger partial charge in [-0.2, -0.15) is 0 Å². The Bertz CT molecular complexity index is 532. The Kier molecular flexibility index (Phi) is 6.15. The minimum Gasteiger partial charge on any atom is -0.344 e. The summed E-state index contributed by atoms with van der Waals surface area (Å²) in [6.45, 7) is 12.4. The zero-order valence-corrected chi connectivity index (χ0v) is 14.6. The summed E-state index contributed by atoms with van der Waals surface area (Å²) < 4.78 is 0. The van der Waals surface area contributed by atoms with Gasteiger partial charge in [0, 0.05) is 18.5 Å². The van der Waals surface area contributed by atoms with E-state index in [1.54, 1.807) is 11.8 Å². The maximum absolute atomic E-state index is 12.6. The molecule has 1 N–H and O–H groups in total. The van der Waals surface area contributed by atoms with Gasteiger partial charge in [-0.3, -0.25) is 9.59 Å².